The lowest BCUT2D eigenvalue weighted by Crippen LogP contribution is -2.39. The molecule has 2 heterocycles. The summed E-state index contributed by atoms with van der Waals surface area (Å²) in [6.45, 7) is 8.94. The number of nitrogen functional groups attached to an aromatic ring is 1. The lowest BCUT2D eigenvalue weighted by atomic mass is 9.75. The molecule has 1 fully saturated rings. The Kier molecular flexibility index (Phi) is 3.78. The number of nitrogens with two attached hydrogens (primary N) is 1. The highest BCUT2D eigenvalue weighted by atomic mass is 15.2. The third-order valence-electron chi connectivity index (χ3n) is 4.10. The average Bonchev–Trinajstić information content (AvgIpc) is 2.38. The number of rotatable bonds is 2. The lowest BCUT2D eigenvalue weighted by Gasteiger charge is -2.39. The third-order valence-corrected chi connectivity index (χ3v) is 4.10. The highest BCUT2D eigenvalue weighted by molar-refractivity contribution is 5.99. The predicted molar refractivity (Wildman–Crippen MR) is 79.6 cm³/mol. The van der Waals surface area contributed by atoms with Crippen molar-refractivity contribution in [2.24, 2.45) is 17.1 Å². The summed E-state index contributed by atoms with van der Waals surface area (Å²) in [5.41, 5.74) is 6.76. The SMILES string of the molecule is CC(C)(C)C1CCN(c2ncccc2C(=N)N)CC1. The maximum absolute atomic E-state index is 7.64. The van der Waals surface area contributed by atoms with Crippen LogP contribution in [0.2, 0.25) is 0 Å². The monoisotopic (exact) mass is 260 g/mol. The topological polar surface area (TPSA) is 66.0 Å². The van der Waals surface area contributed by atoms with Gasteiger partial charge in [-0.25, -0.2) is 4.98 Å². The number of hydrogen-bond acceptors (Lipinski definition) is 3. The van der Waals surface area contributed by atoms with Gasteiger partial charge in [-0.15, -0.1) is 0 Å². The Hall–Kier alpha value is -1.58. The van der Waals surface area contributed by atoms with Crippen LogP contribution in [-0.2, 0) is 0 Å². The second-order valence-electron chi connectivity index (χ2n) is 6.42. The van der Waals surface area contributed by atoms with Crippen molar-refractivity contribution in [3.05, 3.63) is 23.9 Å². The van der Waals surface area contributed by atoms with Crippen molar-refractivity contribution >= 4 is 11.7 Å². The van der Waals surface area contributed by atoms with Crippen LogP contribution in [0, 0.1) is 16.7 Å². The average molecular weight is 260 g/mol. The molecule has 104 valence electrons. The van der Waals surface area contributed by atoms with E-state index in [1.165, 1.54) is 12.8 Å². The number of pyridine rings is 1. The molecule has 4 nitrogen and oxygen atoms in total. The van der Waals surface area contributed by atoms with Crippen molar-refractivity contribution in [1.82, 2.24) is 4.98 Å². The standard InChI is InChI=1S/C15H24N4/c1-15(2,3)11-6-9-19(10-7-11)14-12(13(16)17)5-4-8-18-14/h4-5,8,11H,6-7,9-10H2,1-3H3,(H3,16,17). The van der Waals surface area contributed by atoms with Gasteiger partial charge in [0.1, 0.15) is 11.7 Å². The molecule has 1 aromatic heterocycles. The maximum Gasteiger partial charge on any atom is 0.139 e. The Morgan fingerprint density at radius 2 is 2.00 bits per heavy atom. The molecule has 0 spiro atoms. The molecule has 0 atom stereocenters. The first kappa shape index (κ1) is 13.8. The van der Waals surface area contributed by atoms with Gasteiger partial charge in [0.25, 0.3) is 0 Å². The van der Waals surface area contributed by atoms with E-state index in [0.29, 0.717) is 5.41 Å². The number of hydrogen-bond donors (Lipinski definition) is 2. The molecule has 3 N–H and O–H groups in total. The zero-order chi connectivity index (χ0) is 14.0. The quantitative estimate of drug-likeness (QED) is 0.634. The highest BCUT2D eigenvalue weighted by Crippen LogP contribution is 2.35. The van der Waals surface area contributed by atoms with E-state index < -0.39 is 0 Å². The van der Waals surface area contributed by atoms with Crippen LogP contribution < -0.4 is 10.6 Å². The molecular formula is C15H24N4. The van der Waals surface area contributed by atoms with Gasteiger partial charge >= 0.3 is 0 Å². The zero-order valence-electron chi connectivity index (χ0n) is 12.1. The fourth-order valence-electron chi connectivity index (χ4n) is 2.82. The minimum atomic E-state index is 0.0982. The van der Waals surface area contributed by atoms with Crippen molar-refractivity contribution in [2.75, 3.05) is 18.0 Å². The van der Waals surface area contributed by atoms with E-state index in [0.717, 1.165) is 30.4 Å². The van der Waals surface area contributed by atoms with E-state index in [2.05, 4.69) is 30.7 Å². The fraction of sp³-hybridized carbons (Fsp3) is 0.600. The molecule has 1 aromatic rings. The molecule has 1 aliphatic rings. The van der Waals surface area contributed by atoms with Crippen molar-refractivity contribution in [1.29, 1.82) is 5.41 Å². The molecule has 0 saturated carbocycles. The van der Waals surface area contributed by atoms with Crippen molar-refractivity contribution in [2.45, 2.75) is 33.6 Å². The summed E-state index contributed by atoms with van der Waals surface area (Å²) in [5, 5.41) is 7.64. The maximum atomic E-state index is 7.64. The van der Waals surface area contributed by atoms with Crippen LogP contribution in [-0.4, -0.2) is 23.9 Å². The minimum absolute atomic E-state index is 0.0982. The van der Waals surface area contributed by atoms with Crippen molar-refractivity contribution in [3.8, 4) is 0 Å². The van der Waals surface area contributed by atoms with Gasteiger partial charge in [0, 0.05) is 19.3 Å². The van der Waals surface area contributed by atoms with Gasteiger partial charge < -0.3 is 10.6 Å². The number of aromatic nitrogens is 1. The molecule has 1 saturated heterocycles. The largest absolute Gasteiger partial charge is 0.384 e. The molecule has 4 heteroatoms. The molecule has 0 radical (unpaired) electrons. The van der Waals surface area contributed by atoms with Gasteiger partial charge in [0.15, 0.2) is 0 Å². The molecule has 1 aliphatic heterocycles. The van der Waals surface area contributed by atoms with Crippen LogP contribution in [0.3, 0.4) is 0 Å². The summed E-state index contributed by atoms with van der Waals surface area (Å²) in [6, 6.07) is 3.71. The van der Waals surface area contributed by atoms with E-state index in [9.17, 15) is 0 Å². The molecular weight excluding hydrogens is 236 g/mol. The second-order valence-corrected chi connectivity index (χ2v) is 6.42. The van der Waals surface area contributed by atoms with Gasteiger partial charge in [0.2, 0.25) is 0 Å². The molecule has 0 unspecified atom stereocenters. The van der Waals surface area contributed by atoms with Gasteiger partial charge in [-0.05, 0) is 36.3 Å². The van der Waals surface area contributed by atoms with Crippen molar-refractivity contribution < 1.29 is 0 Å². The van der Waals surface area contributed by atoms with E-state index in [1.54, 1.807) is 6.20 Å². The van der Waals surface area contributed by atoms with Gasteiger partial charge in [0.05, 0.1) is 5.56 Å². The summed E-state index contributed by atoms with van der Waals surface area (Å²) in [6.07, 6.45) is 4.13. The molecule has 0 aromatic carbocycles. The first-order valence-electron chi connectivity index (χ1n) is 6.94. The fourth-order valence-corrected chi connectivity index (χ4v) is 2.82. The summed E-state index contributed by atoms with van der Waals surface area (Å²) in [4.78, 5) is 6.68. The van der Waals surface area contributed by atoms with E-state index in [-0.39, 0.29) is 5.84 Å². The summed E-state index contributed by atoms with van der Waals surface area (Å²) >= 11 is 0. The number of anilines is 1. The van der Waals surface area contributed by atoms with E-state index in [1.807, 2.05) is 12.1 Å². The minimum Gasteiger partial charge on any atom is -0.384 e. The first-order valence-corrected chi connectivity index (χ1v) is 6.94. The molecule has 0 amide bonds. The van der Waals surface area contributed by atoms with Gasteiger partial charge in [-0.2, -0.15) is 0 Å². The predicted octanol–water partition coefficient (Wildman–Crippen LogP) is 2.63. The summed E-state index contributed by atoms with van der Waals surface area (Å²) in [5.74, 6) is 1.72. The van der Waals surface area contributed by atoms with Gasteiger partial charge in [-0.1, -0.05) is 20.8 Å². The van der Waals surface area contributed by atoms with Gasteiger partial charge in [-0.3, -0.25) is 5.41 Å². The second kappa shape index (κ2) is 5.19. The van der Waals surface area contributed by atoms with Crippen molar-refractivity contribution in [3.63, 3.8) is 0 Å². The number of amidine groups is 1. The Labute approximate surface area is 115 Å². The Bertz CT molecular complexity index is 453. The Balaban J connectivity index is 2.12. The molecule has 0 aliphatic carbocycles. The number of piperidine rings is 1. The number of nitrogens with zero attached hydrogens (tertiary/aromatic N) is 2. The van der Waals surface area contributed by atoms with Crippen LogP contribution in [0.15, 0.2) is 18.3 Å². The Morgan fingerprint density at radius 3 is 2.53 bits per heavy atom. The summed E-state index contributed by atoms with van der Waals surface area (Å²) in [7, 11) is 0. The van der Waals surface area contributed by atoms with E-state index in [4.69, 9.17) is 11.1 Å². The van der Waals surface area contributed by atoms with Crippen LogP contribution in [0.1, 0.15) is 39.2 Å². The molecule has 2 rings (SSSR count). The lowest BCUT2D eigenvalue weighted by molar-refractivity contribution is 0.198. The van der Waals surface area contributed by atoms with Crippen LogP contribution >= 0.6 is 0 Å². The van der Waals surface area contributed by atoms with Crippen LogP contribution in [0.4, 0.5) is 5.82 Å². The highest BCUT2D eigenvalue weighted by Gasteiger charge is 2.29. The zero-order valence-corrected chi connectivity index (χ0v) is 12.1. The normalized spacial score (nSPS) is 17.5. The molecule has 0 bridgehead atoms. The van der Waals surface area contributed by atoms with E-state index >= 15 is 0 Å². The number of nitrogens with one attached hydrogen (secondary N) is 1. The Morgan fingerprint density at radius 1 is 1.37 bits per heavy atom. The smallest absolute Gasteiger partial charge is 0.139 e. The van der Waals surface area contributed by atoms with Crippen LogP contribution in [0.25, 0.3) is 0 Å². The van der Waals surface area contributed by atoms with Crippen LogP contribution in [0.5, 0.6) is 0 Å². The first-order chi connectivity index (χ1) is 8.89. The molecule has 19 heavy (non-hydrogen) atoms. The summed E-state index contributed by atoms with van der Waals surface area (Å²) < 4.78 is 0. The third kappa shape index (κ3) is 3.06.